The quantitative estimate of drug-likeness (QED) is 0.575. The van der Waals surface area contributed by atoms with Crippen molar-refractivity contribution in [2.24, 2.45) is 0 Å². The molecule has 0 aliphatic heterocycles. The van der Waals surface area contributed by atoms with Gasteiger partial charge in [0.05, 0.1) is 6.07 Å². The normalized spacial score (nSPS) is 9.18. The molecule has 0 bridgehead atoms. The molecular formula is C11H10FN3O2. The second-order valence-corrected chi connectivity index (χ2v) is 3.15. The molecule has 1 aromatic rings. The van der Waals surface area contributed by atoms with Gasteiger partial charge in [0.15, 0.2) is 0 Å². The van der Waals surface area contributed by atoms with Crippen LogP contribution in [0.15, 0.2) is 24.3 Å². The molecule has 0 saturated heterocycles. The van der Waals surface area contributed by atoms with Crippen LogP contribution in [0.4, 0.5) is 4.39 Å². The number of hydrogen-bond acceptors (Lipinski definition) is 3. The lowest BCUT2D eigenvalue weighted by Crippen LogP contribution is -2.39. The Morgan fingerprint density at radius 1 is 1.18 bits per heavy atom. The van der Waals surface area contributed by atoms with E-state index in [0.717, 1.165) is 0 Å². The number of nitrogens with one attached hydrogen (secondary N) is 2. The van der Waals surface area contributed by atoms with Gasteiger partial charge in [0, 0.05) is 6.54 Å². The molecule has 1 rings (SSSR count). The van der Waals surface area contributed by atoms with Crippen LogP contribution in [-0.4, -0.2) is 18.4 Å². The van der Waals surface area contributed by atoms with E-state index in [1.807, 2.05) is 0 Å². The molecule has 2 N–H and O–H groups in total. The molecule has 0 aromatic heterocycles. The summed E-state index contributed by atoms with van der Waals surface area (Å²) < 4.78 is 12.6. The molecule has 0 unspecified atom stereocenters. The summed E-state index contributed by atoms with van der Waals surface area (Å²) in [6.07, 6.45) is 0. The van der Waals surface area contributed by atoms with Crippen LogP contribution in [0.1, 0.15) is 5.56 Å². The first-order valence-electron chi connectivity index (χ1n) is 4.81. The van der Waals surface area contributed by atoms with Gasteiger partial charge in [-0.05, 0) is 17.7 Å². The number of nitrogens with zero attached hydrogens (tertiary/aromatic N) is 1. The van der Waals surface area contributed by atoms with Crippen molar-refractivity contribution >= 4 is 11.8 Å². The Hall–Kier alpha value is -2.42. The molecule has 0 atom stereocenters. The lowest BCUT2D eigenvalue weighted by molar-refractivity contribution is -0.139. The van der Waals surface area contributed by atoms with Gasteiger partial charge in [0.1, 0.15) is 12.4 Å². The van der Waals surface area contributed by atoms with Crippen molar-refractivity contribution in [1.29, 1.82) is 5.26 Å². The summed E-state index contributed by atoms with van der Waals surface area (Å²) in [5, 5.41) is 12.6. The molecule has 0 saturated carbocycles. The average molecular weight is 235 g/mol. The second-order valence-electron chi connectivity index (χ2n) is 3.15. The molecule has 6 heteroatoms. The van der Waals surface area contributed by atoms with Gasteiger partial charge in [-0.3, -0.25) is 9.59 Å². The standard InChI is InChI=1S/C11H10FN3O2/c12-9-3-1-8(2-4-9)7-15-11(17)10(16)14-6-5-13/h1-4H,6-7H2,(H,14,16)(H,15,17). The minimum atomic E-state index is -0.867. The lowest BCUT2D eigenvalue weighted by Gasteiger charge is -2.04. The van der Waals surface area contributed by atoms with Gasteiger partial charge in [-0.1, -0.05) is 12.1 Å². The van der Waals surface area contributed by atoms with Crippen molar-refractivity contribution in [2.45, 2.75) is 6.54 Å². The molecule has 0 radical (unpaired) electrons. The largest absolute Gasteiger partial charge is 0.344 e. The third-order valence-electron chi connectivity index (χ3n) is 1.90. The Balaban J connectivity index is 2.40. The molecule has 0 aliphatic carbocycles. The molecule has 0 aliphatic rings. The number of carbonyl (C=O) groups is 2. The maximum atomic E-state index is 12.6. The zero-order valence-electron chi connectivity index (χ0n) is 8.87. The Kier molecular flexibility index (Phi) is 4.63. The van der Waals surface area contributed by atoms with Crippen LogP contribution in [0.2, 0.25) is 0 Å². The zero-order chi connectivity index (χ0) is 12.7. The third-order valence-corrected chi connectivity index (χ3v) is 1.90. The van der Waals surface area contributed by atoms with E-state index in [0.29, 0.717) is 5.56 Å². The maximum absolute atomic E-state index is 12.6. The predicted molar refractivity (Wildman–Crippen MR) is 56.9 cm³/mol. The van der Waals surface area contributed by atoms with Crippen molar-refractivity contribution in [3.63, 3.8) is 0 Å². The van der Waals surface area contributed by atoms with Crippen LogP contribution in [0.5, 0.6) is 0 Å². The van der Waals surface area contributed by atoms with Crippen LogP contribution >= 0.6 is 0 Å². The van der Waals surface area contributed by atoms with Crippen LogP contribution in [0.3, 0.4) is 0 Å². The number of carbonyl (C=O) groups excluding carboxylic acids is 2. The lowest BCUT2D eigenvalue weighted by atomic mass is 10.2. The summed E-state index contributed by atoms with van der Waals surface area (Å²) in [6, 6.07) is 7.21. The number of halogens is 1. The summed E-state index contributed by atoms with van der Waals surface area (Å²) in [5.74, 6) is -2.06. The van der Waals surface area contributed by atoms with E-state index in [-0.39, 0.29) is 18.9 Å². The van der Waals surface area contributed by atoms with Crippen LogP contribution in [0, 0.1) is 17.1 Å². The Morgan fingerprint density at radius 3 is 2.35 bits per heavy atom. The van der Waals surface area contributed by atoms with Gasteiger partial charge in [-0.15, -0.1) is 0 Å². The summed E-state index contributed by atoms with van der Waals surface area (Å²) in [4.78, 5) is 22.2. The summed E-state index contributed by atoms with van der Waals surface area (Å²) in [6.45, 7) is -0.0953. The van der Waals surface area contributed by atoms with Gasteiger partial charge in [-0.25, -0.2) is 4.39 Å². The molecule has 88 valence electrons. The van der Waals surface area contributed by atoms with Gasteiger partial charge < -0.3 is 10.6 Å². The Labute approximate surface area is 97.2 Å². The Bertz CT molecular complexity index is 451. The van der Waals surface area contributed by atoms with Crippen molar-refractivity contribution < 1.29 is 14.0 Å². The van der Waals surface area contributed by atoms with E-state index in [2.05, 4.69) is 10.6 Å². The highest BCUT2D eigenvalue weighted by atomic mass is 19.1. The summed E-state index contributed by atoms with van der Waals surface area (Å²) >= 11 is 0. The molecule has 0 fully saturated rings. The maximum Gasteiger partial charge on any atom is 0.310 e. The minimum absolute atomic E-state index is 0.124. The van der Waals surface area contributed by atoms with Gasteiger partial charge >= 0.3 is 11.8 Å². The monoisotopic (exact) mass is 235 g/mol. The second kappa shape index (κ2) is 6.23. The average Bonchev–Trinajstić information content (AvgIpc) is 2.34. The molecule has 1 aromatic carbocycles. The van der Waals surface area contributed by atoms with Crippen molar-refractivity contribution in [3.8, 4) is 6.07 Å². The van der Waals surface area contributed by atoms with Crippen molar-refractivity contribution in [3.05, 3.63) is 35.6 Å². The highest BCUT2D eigenvalue weighted by Crippen LogP contribution is 2.01. The van der Waals surface area contributed by atoms with Crippen molar-refractivity contribution in [1.82, 2.24) is 10.6 Å². The molecule has 5 nitrogen and oxygen atoms in total. The summed E-state index contributed by atoms with van der Waals surface area (Å²) in [7, 11) is 0. The van der Waals surface area contributed by atoms with E-state index in [1.54, 1.807) is 6.07 Å². The number of nitriles is 1. The topological polar surface area (TPSA) is 82.0 Å². The SMILES string of the molecule is N#CCNC(=O)C(=O)NCc1ccc(F)cc1. The van der Waals surface area contributed by atoms with Gasteiger partial charge in [-0.2, -0.15) is 5.26 Å². The first-order valence-corrected chi connectivity index (χ1v) is 4.81. The number of hydrogen-bond donors (Lipinski definition) is 2. The minimum Gasteiger partial charge on any atom is -0.344 e. The van der Waals surface area contributed by atoms with E-state index < -0.39 is 11.8 Å². The Morgan fingerprint density at radius 2 is 1.76 bits per heavy atom. The summed E-state index contributed by atoms with van der Waals surface area (Å²) in [5.41, 5.74) is 0.674. The van der Waals surface area contributed by atoms with E-state index in [9.17, 15) is 14.0 Å². The zero-order valence-corrected chi connectivity index (χ0v) is 8.87. The van der Waals surface area contributed by atoms with Gasteiger partial charge in [0.25, 0.3) is 0 Å². The smallest absolute Gasteiger partial charge is 0.310 e. The van der Waals surface area contributed by atoms with Crippen LogP contribution in [-0.2, 0) is 16.1 Å². The van der Waals surface area contributed by atoms with Crippen molar-refractivity contribution in [2.75, 3.05) is 6.54 Å². The molecule has 2 amide bonds. The molecule has 0 heterocycles. The van der Waals surface area contributed by atoms with E-state index in [1.165, 1.54) is 24.3 Å². The highest BCUT2D eigenvalue weighted by molar-refractivity contribution is 6.35. The van der Waals surface area contributed by atoms with Crippen LogP contribution < -0.4 is 10.6 Å². The third kappa shape index (κ3) is 4.30. The van der Waals surface area contributed by atoms with Gasteiger partial charge in [0.2, 0.25) is 0 Å². The number of amides is 2. The van der Waals surface area contributed by atoms with E-state index >= 15 is 0 Å². The predicted octanol–water partition coefficient (Wildman–Crippen LogP) is 0.0817. The fourth-order valence-electron chi connectivity index (χ4n) is 1.06. The number of rotatable bonds is 3. The van der Waals surface area contributed by atoms with Crippen LogP contribution in [0.25, 0.3) is 0 Å². The number of benzene rings is 1. The first kappa shape index (κ1) is 12.6. The fraction of sp³-hybridized carbons (Fsp3) is 0.182. The molecule has 17 heavy (non-hydrogen) atoms. The fourth-order valence-corrected chi connectivity index (χ4v) is 1.06. The highest BCUT2D eigenvalue weighted by Gasteiger charge is 2.11. The van der Waals surface area contributed by atoms with E-state index in [4.69, 9.17) is 5.26 Å². The molecule has 0 spiro atoms. The molecular weight excluding hydrogens is 225 g/mol. The first-order chi connectivity index (χ1) is 8.13.